The minimum Gasteiger partial charge on any atom is -0.375 e. The number of hydrogen-bond acceptors (Lipinski definition) is 3. The molecule has 0 radical (unpaired) electrons. The predicted molar refractivity (Wildman–Crippen MR) is 89.2 cm³/mol. The van der Waals surface area contributed by atoms with E-state index in [2.05, 4.69) is 10.6 Å². The maximum absolute atomic E-state index is 13.5. The summed E-state index contributed by atoms with van der Waals surface area (Å²) < 4.78 is 31.6. The second-order valence-electron chi connectivity index (χ2n) is 5.03. The maximum atomic E-state index is 13.5. The van der Waals surface area contributed by atoms with E-state index < -0.39 is 29.6 Å². The maximum Gasteiger partial charge on any atom is 0.313 e. The van der Waals surface area contributed by atoms with Crippen LogP contribution in [-0.4, -0.2) is 25.5 Å². The summed E-state index contributed by atoms with van der Waals surface area (Å²) in [6.07, 6.45) is -0.562. The van der Waals surface area contributed by atoms with Crippen LogP contribution in [0.25, 0.3) is 0 Å². The van der Waals surface area contributed by atoms with Gasteiger partial charge in [-0.15, -0.1) is 0 Å². The number of methoxy groups -OCH3 is 1. The van der Waals surface area contributed by atoms with Crippen molar-refractivity contribution in [1.29, 1.82) is 0 Å². The zero-order chi connectivity index (χ0) is 18.4. The fourth-order valence-corrected chi connectivity index (χ4v) is 2.35. The molecule has 2 rings (SSSR count). The van der Waals surface area contributed by atoms with Gasteiger partial charge in [-0.1, -0.05) is 29.8 Å². The molecule has 0 aromatic heterocycles. The van der Waals surface area contributed by atoms with Crippen LogP contribution >= 0.6 is 11.6 Å². The van der Waals surface area contributed by atoms with Crippen molar-refractivity contribution >= 4 is 29.1 Å². The monoisotopic (exact) mass is 368 g/mol. The van der Waals surface area contributed by atoms with Crippen LogP contribution in [0, 0.1) is 11.6 Å². The Morgan fingerprint density at radius 2 is 1.88 bits per heavy atom. The number of carbonyl (C=O) groups is 2. The van der Waals surface area contributed by atoms with E-state index in [9.17, 15) is 18.4 Å². The number of rotatable bonds is 5. The standard InChI is InChI=1S/C17H15ClF2N2O3/c1-25-15(11-4-2-3-5-12(11)18)9-21-16(23)17(24)22-14-7-6-10(19)8-13(14)20/h2-8,15H,9H2,1H3,(H,21,23)(H,22,24). The summed E-state index contributed by atoms with van der Waals surface area (Å²) in [7, 11) is 1.44. The molecule has 132 valence electrons. The zero-order valence-electron chi connectivity index (χ0n) is 13.2. The minimum absolute atomic E-state index is 0.0155. The number of amides is 2. The van der Waals surface area contributed by atoms with E-state index in [0.717, 1.165) is 12.1 Å². The van der Waals surface area contributed by atoms with Gasteiger partial charge in [-0.25, -0.2) is 8.78 Å². The number of hydrogen-bond donors (Lipinski definition) is 2. The molecule has 0 saturated heterocycles. The van der Waals surface area contributed by atoms with E-state index in [0.29, 0.717) is 16.7 Å². The zero-order valence-corrected chi connectivity index (χ0v) is 13.9. The smallest absolute Gasteiger partial charge is 0.313 e. The lowest BCUT2D eigenvalue weighted by molar-refractivity contribution is -0.136. The number of halogens is 3. The fourth-order valence-electron chi connectivity index (χ4n) is 2.09. The van der Waals surface area contributed by atoms with Crippen molar-refractivity contribution in [1.82, 2.24) is 5.32 Å². The Hall–Kier alpha value is -2.51. The average Bonchev–Trinajstić information content (AvgIpc) is 2.59. The molecule has 8 heteroatoms. The molecule has 0 aliphatic carbocycles. The second-order valence-corrected chi connectivity index (χ2v) is 5.44. The summed E-state index contributed by atoms with van der Waals surface area (Å²) in [6.45, 7) is -0.0155. The van der Waals surface area contributed by atoms with Gasteiger partial charge >= 0.3 is 11.8 Å². The van der Waals surface area contributed by atoms with Crippen molar-refractivity contribution in [2.75, 3.05) is 19.0 Å². The average molecular weight is 369 g/mol. The summed E-state index contributed by atoms with van der Waals surface area (Å²) >= 11 is 6.07. The molecule has 0 bridgehead atoms. The van der Waals surface area contributed by atoms with Gasteiger partial charge in [-0.3, -0.25) is 9.59 Å². The fraction of sp³-hybridized carbons (Fsp3) is 0.176. The third kappa shape index (κ3) is 4.98. The molecular weight excluding hydrogens is 354 g/mol. The topological polar surface area (TPSA) is 67.4 Å². The van der Waals surface area contributed by atoms with Crippen LogP contribution in [0.2, 0.25) is 5.02 Å². The van der Waals surface area contributed by atoms with E-state index in [1.54, 1.807) is 24.3 Å². The Labute approximate surface area is 147 Å². The van der Waals surface area contributed by atoms with Gasteiger partial charge in [0.15, 0.2) is 0 Å². The van der Waals surface area contributed by atoms with Crippen molar-refractivity contribution in [2.45, 2.75) is 6.10 Å². The first-order valence-corrected chi connectivity index (χ1v) is 7.61. The molecule has 1 unspecified atom stereocenters. The van der Waals surface area contributed by atoms with E-state index in [1.165, 1.54) is 7.11 Å². The first kappa shape index (κ1) is 18.8. The normalized spacial score (nSPS) is 11.7. The highest BCUT2D eigenvalue weighted by molar-refractivity contribution is 6.39. The Morgan fingerprint density at radius 3 is 2.52 bits per heavy atom. The molecule has 2 amide bonds. The number of nitrogens with one attached hydrogen (secondary N) is 2. The van der Waals surface area contributed by atoms with Crippen LogP contribution in [-0.2, 0) is 14.3 Å². The SMILES string of the molecule is COC(CNC(=O)C(=O)Nc1ccc(F)cc1F)c1ccccc1Cl. The lowest BCUT2D eigenvalue weighted by Crippen LogP contribution is -2.38. The minimum atomic E-state index is -1.08. The van der Waals surface area contributed by atoms with Crippen molar-refractivity contribution in [3.05, 3.63) is 64.7 Å². The molecule has 0 spiro atoms. The first-order chi connectivity index (χ1) is 11.9. The molecule has 0 aliphatic heterocycles. The predicted octanol–water partition coefficient (Wildman–Crippen LogP) is 3.06. The largest absolute Gasteiger partial charge is 0.375 e. The molecule has 0 saturated carbocycles. The van der Waals surface area contributed by atoms with Crippen LogP contribution in [0.3, 0.4) is 0 Å². The number of benzene rings is 2. The lowest BCUT2D eigenvalue weighted by atomic mass is 10.1. The van der Waals surface area contributed by atoms with Gasteiger partial charge in [0.05, 0.1) is 5.69 Å². The first-order valence-electron chi connectivity index (χ1n) is 7.24. The number of carbonyl (C=O) groups excluding carboxylic acids is 2. The lowest BCUT2D eigenvalue weighted by Gasteiger charge is -2.17. The molecule has 0 fully saturated rings. The highest BCUT2D eigenvalue weighted by Gasteiger charge is 2.19. The van der Waals surface area contributed by atoms with Crippen molar-refractivity contribution in [2.24, 2.45) is 0 Å². The van der Waals surface area contributed by atoms with Crippen LogP contribution in [0.15, 0.2) is 42.5 Å². The molecule has 2 aromatic rings. The van der Waals surface area contributed by atoms with Gasteiger partial charge < -0.3 is 15.4 Å². The van der Waals surface area contributed by atoms with Crippen LogP contribution in [0.1, 0.15) is 11.7 Å². The van der Waals surface area contributed by atoms with Gasteiger partial charge in [0.1, 0.15) is 17.7 Å². The van der Waals surface area contributed by atoms with Gasteiger partial charge in [0, 0.05) is 30.3 Å². The number of anilines is 1. The Kier molecular flexibility index (Phi) is 6.44. The van der Waals surface area contributed by atoms with Crippen LogP contribution in [0.4, 0.5) is 14.5 Å². The molecule has 5 nitrogen and oxygen atoms in total. The Morgan fingerprint density at radius 1 is 1.16 bits per heavy atom. The Bertz CT molecular complexity index is 786. The molecule has 1 atom stereocenters. The van der Waals surface area contributed by atoms with Gasteiger partial charge in [0.2, 0.25) is 0 Å². The van der Waals surface area contributed by atoms with Crippen molar-refractivity contribution in [3.63, 3.8) is 0 Å². The van der Waals surface area contributed by atoms with E-state index >= 15 is 0 Å². The highest BCUT2D eigenvalue weighted by atomic mass is 35.5. The quantitative estimate of drug-likeness (QED) is 0.797. The summed E-state index contributed by atoms with van der Waals surface area (Å²) in [6, 6.07) is 9.52. The van der Waals surface area contributed by atoms with Crippen molar-refractivity contribution in [3.8, 4) is 0 Å². The summed E-state index contributed by atoms with van der Waals surface area (Å²) in [4.78, 5) is 23.7. The molecule has 0 aliphatic rings. The molecule has 2 N–H and O–H groups in total. The van der Waals surface area contributed by atoms with Gasteiger partial charge in [-0.2, -0.15) is 0 Å². The van der Waals surface area contributed by atoms with Gasteiger partial charge in [0.25, 0.3) is 0 Å². The summed E-state index contributed by atoms with van der Waals surface area (Å²) in [5, 5.41) is 4.91. The summed E-state index contributed by atoms with van der Waals surface area (Å²) in [5.74, 6) is -3.84. The molecule has 25 heavy (non-hydrogen) atoms. The highest BCUT2D eigenvalue weighted by Crippen LogP contribution is 2.24. The van der Waals surface area contributed by atoms with Crippen LogP contribution < -0.4 is 10.6 Å². The van der Waals surface area contributed by atoms with Crippen LogP contribution in [0.5, 0.6) is 0 Å². The van der Waals surface area contributed by atoms with E-state index in [1.807, 2.05) is 0 Å². The van der Waals surface area contributed by atoms with E-state index in [-0.39, 0.29) is 12.2 Å². The van der Waals surface area contributed by atoms with Crippen molar-refractivity contribution < 1.29 is 23.1 Å². The third-order valence-corrected chi connectivity index (χ3v) is 3.71. The molecule has 0 heterocycles. The second kappa shape index (κ2) is 8.55. The Balaban J connectivity index is 1.96. The molecular formula is C17H15ClF2N2O3. The van der Waals surface area contributed by atoms with Gasteiger partial charge in [-0.05, 0) is 18.2 Å². The third-order valence-electron chi connectivity index (χ3n) is 3.37. The number of ether oxygens (including phenoxy) is 1. The van der Waals surface area contributed by atoms with E-state index in [4.69, 9.17) is 16.3 Å². The summed E-state index contributed by atoms with van der Waals surface area (Å²) in [5.41, 5.74) is 0.355. The molecule has 2 aromatic carbocycles.